The highest BCUT2D eigenvalue weighted by atomic mass is 79.9. The summed E-state index contributed by atoms with van der Waals surface area (Å²) in [7, 11) is -3.80. The Morgan fingerprint density at radius 1 is 0.929 bits per heavy atom. The van der Waals surface area contributed by atoms with Gasteiger partial charge in [-0.3, -0.25) is 0 Å². The van der Waals surface area contributed by atoms with Crippen molar-refractivity contribution in [3.8, 4) is 0 Å². The van der Waals surface area contributed by atoms with Crippen LogP contribution in [-0.4, -0.2) is 14.1 Å². The Kier molecular flexibility index (Phi) is 5.04. The Balaban J connectivity index is 1.83. The van der Waals surface area contributed by atoms with Gasteiger partial charge in [-0.15, -0.1) is 0 Å². The minimum Gasteiger partial charge on any atom is -0.199 e. The third kappa shape index (κ3) is 3.86. The molecule has 0 spiro atoms. The van der Waals surface area contributed by atoms with E-state index in [0.717, 1.165) is 32.3 Å². The predicted molar refractivity (Wildman–Crippen MR) is 117 cm³/mol. The van der Waals surface area contributed by atoms with E-state index in [1.807, 2.05) is 61.5 Å². The van der Waals surface area contributed by atoms with E-state index >= 15 is 0 Å². The van der Waals surface area contributed by atoms with Gasteiger partial charge in [0.25, 0.3) is 10.0 Å². The molecule has 0 radical (unpaired) electrons. The molecule has 1 aliphatic carbocycles. The van der Waals surface area contributed by atoms with Gasteiger partial charge >= 0.3 is 0 Å². The molecular weight excluding hydrogens is 434 g/mol. The molecule has 3 nitrogen and oxygen atoms in total. The van der Waals surface area contributed by atoms with E-state index < -0.39 is 10.0 Å². The van der Waals surface area contributed by atoms with Crippen molar-refractivity contribution in [3.05, 3.63) is 105 Å². The highest BCUT2D eigenvalue weighted by molar-refractivity contribution is 9.10. The molecule has 0 heterocycles. The van der Waals surface area contributed by atoms with E-state index in [-0.39, 0.29) is 4.90 Å². The van der Waals surface area contributed by atoms with Crippen LogP contribution in [0.2, 0.25) is 0 Å². The lowest BCUT2D eigenvalue weighted by molar-refractivity contribution is 0.598. The molecule has 0 fully saturated rings. The fourth-order valence-electron chi connectivity index (χ4n) is 3.24. The highest BCUT2D eigenvalue weighted by Crippen LogP contribution is 2.30. The summed E-state index contributed by atoms with van der Waals surface area (Å²) in [4.78, 5) is 0.206. The van der Waals surface area contributed by atoms with Gasteiger partial charge in [-0.05, 0) is 54.0 Å². The average Bonchev–Trinajstić information content (AvgIpc) is 3.01. The number of hydrogen-bond acceptors (Lipinski definition) is 2. The zero-order chi connectivity index (χ0) is 19.7. The molecule has 0 N–H and O–H groups in total. The third-order valence-corrected chi connectivity index (χ3v) is 6.52. The standard InChI is InChI=1S/C23H18BrNO2S/c1-16-6-12-21(13-7-16)28(26,27)25-23-19(14-17-8-10-20(24)11-9-17)15-18-4-2-3-5-22(18)23/h2-14H,15H2,1H3/b19-14+,25-23-. The van der Waals surface area contributed by atoms with Gasteiger partial charge in [0.1, 0.15) is 0 Å². The van der Waals surface area contributed by atoms with Gasteiger partial charge in [-0.2, -0.15) is 12.8 Å². The van der Waals surface area contributed by atoms with E-state index in [1.54, 1.807) is 24.3 Å². The molecule has 0 amide bonds. The summed E-state index contributed by atoms with van der Waals surface area (Å²) in [6.07, 6.45) is 2.67. The second-order valence-corrected chi connectivity index (χ2v) is 9.30. The number of sulfonamides is 1. The number of hydrogen-bond donors (Lipinski definition) is 0. The maximum atomic E-state index is 12.9. The van der Waals surface area contributed by atoms with Crippen LogP contribution in [0.25, 0.3) is 6.08 Å². The molecule has 140 valence electrons. The van der Waals surface area contributed by atoms with Crippen LogP contribution >= 0.6 is 15.9 Å². The van der Waals surface area contributed by atoms with Gasteiger partial charge in [0.15, 0.2) is 0 Å². The Bertz CT molecular complexity index is 1190. The fraction of sp³-hybridized carbons (Fsp3) is 0.0870. The molecule has 3 aromatic carbocycles. The highest BCUT2D eigenvalue weighted by Gasteiger charge is 2.25. The quantitative estimate of drug-likeness (QED) is 0.521. The summed E-state index contributed by atoms with van der Waals surface area (Å²) < 4.78 is 31.1. The van der Waals surface area contributed by atoms with Gasteiger partial charge < -0.3 is 0 Å². The molecule has 0 atom stereocenters. The van der Waals surface area contributed by atoms with Crippen LogP contribution in [0.3, 0.4) is 0 Å². The molecular formula is C23H18BrNO2S. The van der Waals surface area contributed by atoms with Crippen molar-refractivity contribution < 1.29 is 8.42 Å². The molecule has 28 heavy (non-hydrogen) atoms. The van der Waals surface area contributed by atoms with Crippen molar-refractivity contribution in [2.24, 2.45) is 4.40 Å². The average molecular weight is 452 g/mol. The van der Waals surface area contributed by atoms with E-state index in [4.69, 9.17) is 0 Å². The zero-order valence-electron chi connectivity index (χ0n) is 15.3. The van der Waals surface area contributed by atoms with Gasteiger partial charge in [0.05, 0.1) is 10.6 Å². The van der Waals surface area contributed by atoms with Crippen LogP contribution in [0, 0.1) is 6.92 Å². The Morgan fingerprint density at radius 3 is 2.32 bits per heavy atom. The number of halogens is 1. The minimum absolute atomic E-state index is 0.206. The van der Waals surface area contributed by atoms with Crippen LogP contribution in [0.4, 0.5) is 0 Å². The number of fused-ring (bicyclic) bond motifs is 1. The second-order valence-electron chi connectivity index (χ2n) is 6.78. The lowest BCUT2D eigenvalue weighted by Crippen LogP contribution is -2.05. The van der Waals surface area contributed by atoms with Crippen molar-refractivity contribution in [3.63, 3.8) is 0 Å². The van der Waals surface area contributed by atoms with Crippen LogP contribution in [0.5, 0.6) is 0 Å². The van der Waals surface area contributed by atoms with Crippen LogP contribution in [0.15, 0.2) is 92.1 Å². The van der Waals surface area contributed by atoms with Crippen molar-refractivity contribution in [2.45, 2.75) is 18.2 Å². The minimum atomic E-state index is -3.80. The summed E-state index contributed by atoms with van der Waals surface area (Å²) in [5, 5.41) is 0. The molecule has 5 heteroatoms. The molecule has 0 aromatic heterocycles. The number of nitrogens with zero attached hydrogens (tertiary/aromatic N) is 1. The topological polar surface area (TPSA) is 46.5 Å². The zero-order valence-corrected chi connectivity index (χ0v) is 17.7. The summed E-state index contributed by atoms with van der Waals surface area (Å²) >= 11 is 3.44. The fourth-order valence-corrected chi connectivity index (χ4v) is 4.54. The smallest absolute Gasteiger partial charge is 0.199 e. The van der Waals surface area contributed by atoms with Crippen molar-refractivity contribution in [2.75, 3.05) is 0 Å². The first-order valence-electron chi connectivity index (χ1n) is 8.89. The Hall–Kier alpha value is -2.50. The lowest BCUT2D eigenvalue weighted by atomic mass is 10.1. The molecule has 4 rings (SSSR count). The van der Waals surface area contributed by atoms with E-state index in [1.165, 1.54) is 0 Å². The van der Waals surface area contributed by atoms with Gasteiger partial charge in [-0.1, -0.05) is 70.0 Å². The molecule has 0 saturated heterocycles. The molecule has 0 aliphatic heterocycles. The van der Waals surface area contributed by atoms with Gasteiger partial charge in [0, 0.05) is 16.5 Å². The largest absolute Gasteiger partial charge is 0.282 e. The van der Waals surface area contributed by atoms with E-state index in [0.29, 0.717) is 12.1 Å². The Morgan fingerprint density at radius 2 is 1.61 bits per heavy atom. The maximum Gasteiger partial charge on any atom is 0.282 e. The number of rotatable bonds is 3. The molecule has 1 aliphatic rings. The van der Waals surface area contributed by atoms with E-state index in [9.17, 15) is 8.42 Å². The van der Waals surface area contributed by atoms with Gasteiger partial charge in [0.2, 0.25) is 0 Å². The maximum absolute atomic E-state index is 12.9. The third-order valence-electron chi connectivity index (χ3n) is 4.70. The summed E-state index contributed by atoms with van der Waals surface area (Å²) in [6, 6.07) is 22.5. The SMILES string of the molecule is Cc1ccc(S(=O)(=O)/N=C2/C(=C/c3ccc(Br)cc3)Cc3ccccc32)cc1. The first-order chi connectivity index (χ1) is 13.4. The predicted octanol–water partition coefficient (Wildman–Crippen LogP) is 5.58. The number of aryl methyl sites for hydroxylation is 1. The number of benzene rings is 3. The summed E-state index contributed by atoms with van der Waals surface area (Å²) in [5.41, 5.74) is 5.41. The normalized spacial score (nSPS) is 16.5. The second kappa shape index (κ2) is 7.49. The van der Waals surface area contributed by atoms with Crippen molar-refractivity contribution in [1.29, 1.82) is 0 Å². The Labute approximate surface area is 173 Å². The van der Waals surface area contributed by atoms with E-state index in [2.05, 4.69) is 20.3 Å². The molecule has 0 unspecified atom stereocenters. The van der Waals surface area contributed by atoms with Crippen LogP contribution in [0.1, 0.15) is 22.3 Å². The first-order valence-corrected chi connectivity index (χ1v) is 11.1. The summed E-state index contributed by atoms with van der Waals surface area (Å²) in [6.45, 7) is 1.93. The lowest BCUT2D eigenvalue weighted by Gasteiger charge is -2.05. The molecule has 0 bridgehead atoms. The first kappa shape index (κ1) is 18.8. The van der Waals surface area contributed by atoms with Crippen LogP contribution in [-0.2, 0) is 16.4 Å². The van der Waals surface area contributed by atoms with Crippen molar-refractivity contribution in [1.82, 2.24) is 0 Å². The summed E-state index contributed by atoms with van der Waals surface area (Å²) in [5.74, 6) is 0. The molecule has 0 saturated carbocycles. The van der Waals surface area contributed by atoms with Gasteiger partial charge in [-0.25, -0.2) is 0 Å². The number of allylic oxidation sites excluding steroid dienone is 1. The van der Waals surface area contributed by atoms with Crippen LogP contribution < -0.4 is 0 Å². The molecule has 3 aromatic rings. The van der Waals surface area contributed by atoms with Crippen molar-refractivity contribution >= 4 is 37.7 Å². The monoisotopic (exact) mass is 451 g/mol.